The minimum Gasteiger partial charge on any atom is -0.497 e. The Kier molecular flexibility index (Phi) is 5.19. The summed E-state index contributed by atoms with van der Waals surface area (Å²) in [5.41, 5.74) is 4.82. The van der Waals surface area contributed by atoms with Gasteiger partial charge in [-0.3, -0.25) is 10.5 Å². The first-order chi connectivity index (χ1) is 10.2. The molecule has 6 nitrogen and oxygen atoms in total. The minimum absolute atomic E-state index is 0.178. The molecule has 2 rings (SSSR count). The molecule has 0 saturated heterocycles. The van der Waals surface area contributed by atoms with Crippen LogP contribution in [0.4, 0.5) is 0 Å². The van der Waals surface area contributed by atoms with Gasteiger partial charge in [0, 0.05) is 18.8 Å². The van der Waals surface area contributed by atoms with Crippen LogP contribution in [0.25, 0.3) is 0 Å². The molecule has 1 atom stereocenters. The third-order valence-electron chi connectivity index (χ3n) is 3.35. The highest BCUT2D eigenvalue weighted by molar-refractivity contribution is 5.42. The monoisotopic (exact) mass is 290 g/mol. The summed E-state index contributed by atoms with van der Waals surface area (Å²) >= 11 is 0. The van der Waals surface area contributed by atoms with E-state index in [4.69, 9.17) is 15.3 Å². The van der Waals surface area contributed by atoms with Crippen molar-refractivity contribution in [3.63, 3.8) is 0 Å². The van der Waals surface area contributed by atoms with Gasteiger partial charge in [0.05, 0.1) is 26.0 Å². The molecule has 1 heterocycles. The van der Waals surface area contributed by atoms with Gasteiger partial charge < -0.3 is 9.47 Å². The lowest BCUT2D eigenvalue weighted by atomic mass is 10.0. The lowest BCUT2D eigenvalue weighted by molar-refractivity contribution is 0.392. The lowest BCUT2D eigenvalue weighted by Gasteiger charge is -2.19. The largest absolute Gasteiger partial charge is 0.497 e. The number of nitrogens with one attached hydrogen (secondary N) is 1. The van der Waals surface area contributed by atoms with Gasteiger partial charge in [-0.25, -0.2) is 5.43 Å². The number of benzene rings is 1. The van der Waals surface area contributed by atoms with E-state index in [1.807, 2.05) is 28.9 Å². The number of aryl methyl sites for hydroxylation is 1. The van der Waals surface area contributed by atoms with Gasteiger partial charge in [0.2, 0.25) is 0 Å². The van der Waals surface area contributed by atoms with E-state index in [1.54, 1.807) is 20.4 Å². The number of rotatable bonds is 7. The van der Waals surface area contributed by atoms with Crippen LogP contribution in [-0.2, 0) is 6.54 Å². The van der Waals surface area contributed by atoms with Crippen LogP contribution in [0.2, 0.25) is 0 Å². The highest BCUT2D eigenvalue weighted by Gasteiger charge is 2.18. The Balaban J connectivity index is 2.43. The summed E-state index contributed by atoms with van der Waals surface area (Å²) in [7, 11) is 3.26. The molecule has 0 bridgehead atoms. The van der Waals surface area contributed by atoms with E-state index >= 15 is 0 Å². The second-order valence-electron chi connectivity index (χ2n) is 4.72. The molecule has 1 aromatic heterocycles. The van der Waals surface area contributed by atoms with Crippen LogP contribution in [0, 0.1) is 0 Å². The van der Waals surface area contributed by atoms with Crippen LogP contribution < -0.4 is 20.7 Å². The minimum atomic E-state index is -0.178. The molecule has 3 N–H and O–H groups in total. The zero-order valence-corrected chi connectivity index (χ0v) is 12.7. The third-order valence-corrected chi connectivity index (χ3v) is 3.35. The Labute approximate surface area is 124 Å². The summed E-state index contributed by atoms with van der Waals surface area (Å²) < 4.78 is 12.6. The first kappa shape index (κ1) is 15.3. The predicted octanol–water partition coefficient (Wildman–Crippen LogP) is 1.86. The maximum Gasteiger partial charge on any atom is 0.122 e. The van der Waals surface area contributed by atoms with Crippen LogP contribution in [-0.4, -0.2) is 24.0 Å². The number of hydrazine groups is 1. The fourth-order valence-electron chi connectivity index (χ4n) is 2.34. The molecule has 0 amide bonds. The summed E-state index contributed by atoms with van der Waals surface area (Å²) in [6, 6.07) is 7.50. The van der Waals surface area contributed by atoms with Crippen LogP contribution in [0.1, 0.15) is 30.6 Å². The van der Waals surface area contributed by atoms with Gasteiger partial charge in [-0.15, -0.1) is 0 Å². The Morgan fingerprint density at radius 1 is 1.24 bits per heavy atom. The molecule has 0 aliphatic heterocycles. The molecule has 2 aromatic rings. The molecule has 1 unspecified atom stereocenters. The van der Waals surface area contributed by atoms with Gasteiger partial charge in [0.1, 0.15) is 11.5 Å². The Hall–Kier alpha value is -2.05. The average Bonchev–Trinajstić information content (AvgIpc) is 2.96. The Morgan fingerprint density at radius 2 is 1.90 bits per heavy atom. The van der Waals surface area contributed by atoms with Crippen LogP contribution in [0.15, 0.2) is 30.5 Å². The molecule has 0 radical (unpaired) electrons. The van der Waals surface area contributed by atoms with Crippen molar-refractivity contribution >= 4 is 0 Å². The number of aromatic nitrogens is 2. The van der Waals surface area contributed by atoms with Crippen molar-refractivity contribution in [1.82, 2.24) is 15.2 Å². The van der Waals surface area contributed by atoms with Crippen LogP contribution >= 0.6 is 0 Å². The SMILES string of the molecule is CCCn1nccc1C(NN)c1cc(OC)cc(OC)c1. The molecule has 1 aromatic carbocycles. The second kappa shape index (κ2) is 7.10. The molecular weight excluding hydrogens is 268 g/mol. The number of ether oxygens (including phenoxy) is 2. The van der Waals surface area contributed by atoms with Crippen molar-refractivity contribution in [3.05, 3.63) is 41.7 Å². The standard InChI is InChI=1S/C15H22N4O2/c1-4-7-19-14(5-6-17-19)15(18-16)11-8-12(20-2)10-13(9-11)21-3/h5-6,8-10,15,18H,4,7,16H2,1-3H3. The van der Waals surface area contributed by atoms with E-state index in [0.717, 1.165) is 35.7 Å². The lowest BCUT2D eigenvalue weighted by Crippen LogP contribution is -2.30. The molecule has 0 spiro atoms. The van der Waals surface area contributed by atoms with Crippen molar-refractivity contribution in [1.29, 1.82) is 0 Å². The highest BCUT2D eigenvalue weighted by Crippen LogP contribution is 2.29. The molecule has 0 aliphatic carbocycles. The summed E-state index contributed by atoms with van der Waals surface area (Å²) in [5.74, 6) is 7.23. The second-order valence-corrected chi connectivity index (χ2v) is 4.72. The maximum absolute atomic E-state index is 5.77. The zero-order chi connectivity index (χ0) is 15.2. The first-order valence-electron chi connectivity index (χ1n) is 6.94. The van der Waals surface area contributed by atoms with Crippen molar-refractivity contribution in [2.24, 2.45) is 5.84 Å². The number of hydrogen-bond acceptors (Lipinski definition) is 5. The van der Waals surface area contributed by atoms with Gasteiger partial charge in [0.25, 0.3) is 0 Å². The van der Waals surface area contributed by atoms with Gasteiger partial charge in [-0.1, -0.05) is 6.92 Å². The summed E-state index contributed by atoms with van der Waals surface area (Å²) in [4.78, 5) is 0. The average molecular weight is 290 g/mol. The number of hydrogen-bond donors (Lipinski definition) is 2. The normalized spacial score (nSPS) is 12.2. The van der Waals surface area contributed by atoms with Crippen molar-refractivity contribution in [3.8, 4) is 11.5 Å². The Morgan fingerprint density at radius 3 is 2.43 bits per heavy atom. The van der Waals surface area contributed by atoms with Crippen molar-refractivity contribution < 1.29 is 9.47 Å². The smallest absolute Gasteiger partial charge is 0.122 e. The molecule has 0 saturated carbocycles. The zero-order valence-electron chi connectivity index (χ0n) is 12.7. The summed E-state index contributed by atoms with van der Waals surface area (Å²) in [6.45, 7) is 2.96. The highest BCUT2D eigenvalue weighted by atomic mass is 16.5. The van der Waals surface area contributed by atoms with Gasteiger partial charge >= 0.3 is 0 Å². The topological polar surface area (TPSA) is 74.3 Å². The van der Waals surface area contributed by atoms with Crippen molar-refractivity contribution in [2.75, 3.05) is 14.2 Å². The molecule has 6 heteroatoms. The fraction of sp³-hybridized carbons (Fsp3) is 0.400. The number of nitrogens with two attached hydrogens (primary N) is 1. The maximum atomic E-state index is 5.77. The molecule has 114 valence electrons. The predicted molar refractivity (Wildman–Crippen MR) is 81.2 cm³/mol. The molecular formula is C15H22N4O2. The molecule has 21 heavy (non-hydrogen) atoms. The molecule has 0 fully saturated rings. The Bertz CT molecular complexity index is 561. The summed E-state index contributed by atoms with van der Waals surface area (Å²) in [5, 5.41) is 4.34. The number of nitrogens with zero attached hydrogens (tertiary/aromatic N) is 2. The van der Waals surface area contributed by atoms with E-state index < -0.39 is 0 Å². The van der Waals surface area contributed by atoms with Crippen LogP contribution in [0.3, 0.4) is 0 Å². The quantitative estimate of drug-likeness (QED) is 0.601. The molecule has 0 aliphatic rings. The van der Waals surface area contributed by atoms with E-state index in [9.17, 15) is 0 Å². The van der Waals surface area contributed by atoms with Gasteiger partial charge in [-0.2, -0.15) is 5.10 Å². The van der Waals surface area contributed by atoms with Crippen molar-refractivity contribution in [2.45, 2.75) is 25.9 Å². The first-order valence-corrected chi connectivity index (χ1v) is 6.94. The van der Waals surface area contributed by atoms with E-state index in [1.165, 1.54) is 0 Å². The van der Waals surface area contributed by atoms with Crippen LogP contribution in [0.5, 0.6) is 11.5 Å². The van der Waals surface area contributed by atoms with E-state index in [2.05, 4.69) is 17.4 Å². The van der Waals surface area contributed by atoms with E-state index in [0.29, 0.717) is 0 Å². The summed E-state index contributed by atoms with van der Waals surface area (Å²) in [6.07, 6.45) is 2.79. The van der Waals surface area contributed by atoms with Gasteiger partial charge in [-0.05, 0) is 30.2 Å². The fourth-order valence-corrected chi connectivity index (χ4v) is 2.34. The van der Waals surface area contributed by atoms with E-state index in [-0.39, 0.29) is 6.04 Å². The number of methoxy groups -OCH3 is 2. The van der Waals surface area contributed by atoms with Gasteiger partial charge in [0.15, 0.2) is 0 Å². The third kappa shape index (κ3) is 3.34.